The van der Waals surface area contributed by atoms with Crippen molar-refractivity contribution in [2.24, 2.45) is 5.92 Å². The van der Waals surface area contributed by atoms with Crippen molar-refractivity contribution >= 4 is 0 Å². The summed E-state index contributed by atoms with van der Waals surface area (Å²) in [4.78, 5) is 11.4. The van der Waals surface area contributed by atoms with E-state index in [0.29, 0.717) is 5.92 Å². The van der Waals surface area contributed by atoms with Crippen LogP contribution in [0.1, 0.15) is 29.7 Å². The third-order valence-electron chi connectivity index (χ3n) is 5.51. The lowest BCUT2D eigenvalue weighted by Crippen LogP contribution is -2.36. The molecule has 0 amide bonds. The monoisotopic (exact) mass is 371 g/mol. The maximum atomic E-state index is 8.96. The Morgan fingerprint density at radius 3 is 2.79 bits per heavy atom. The average Bonchev–Trinajstić information content (AvgIpc) is 3.10. The number of imidazole rings is 1. The Bertz CT molecular complexity index is 953. The number of aryl methyl sites for hydroxylation is 1. The summed E-state index contributed by atoms with van der Waals surface area (Å²) in [5.41, 5.74) is 4.26. The van der Waals surface area contributed by atoms with Gasteiger partial charge in [0.1, 0.15) is 5.82 Å². The van der Waals surface area contributed by atoms with Crippen molar-refractivity contribution in [2.75, 3.05) is 13.1 Å². The van der Waals surface area contributed by atoms with Crippen LogP contribution in [0.3, 0.4) is 0 Å². The number of hydrogen-bond acceptors (Lipinski definition) is 4. The first-order chi connectivity index (χ1) is 13.7. The first-order valence-electron chi connectivity index (χ1n) is 9.87. The zero-order valence-electron chi connectivity index (χ0n) is 16.3. The van der Waals surface area contributed by atoms with Crippen molar-refractivity contribution in [3.63, 3.8) is 0 Å². The molecule has 0 spiro atoms. The molecular formula is C23H25N5. The van der Waals surface area contributed by atoms with Gasteiger partial charge in [-0.3, -0.25) is 9.88 Å². The second-order valence-electron chi connectivity index (χ2n) is 7.63. The molecular weight excluding hydrogens is 346 g/mol. The van der Waals surface area contributed by atoms with E-state index in [1.807, 2.05) is 30.6 Å². The molecule has 28 heavy (non-hydrogen) atoms. The van der Waals surface area contributed by atoms with Crippen LogP contribution in [0.25, 0.3) is 11.4 Å². The summed E-state index contributed by atoms with van der Waals surface area (Å²) in [5, 5.41) is 8.96. The highest BCUT2D eigenvalue weighted by molar-refractivity contribution is 5.54. The number of hydrogen-bond donors (Lipinski definition) is 0. The SMILES string of the molecule is Cc1cnc(-c2cccnc2)n1CC1CCCN(Cc2ccc(C#N)cc2)C1. The molecule has 3 heterocycles. The van der Waals surface area contributed by atoms with Crippen LogP contribution in [-0.4, -0.2) is 32.5 Å². The minimum Gasteiger partial charge on any atom is -0.328 e. The van der Waals surface area contributed by atoms with E-state index in [9.17, 15) is 0 Å². The van der Waals surface area contributed by atoms with Crippen LogP contribution in [0.4, 0.5) is 0 Å². The minimum absolute atomic E-state index is 0.607. The smallest absolute Gasteiger partial charge is 0.141 e. The summed E-state index contributed by atoms with van der Waals surface area (Å²) in [6, 6.07) is 14.2. The Morgan fingerprint density at radius 1 is 1.18 bits per heavy atom. The van der Waals surface area contributed by atoms with E-state index in [0.717, 1.165) is 43.1 Å². The molecule has 4 rings (SSSR count). The van der Waals surface area contributed by atoms with Gasteiger partial charge in [0.2, 0.25) is 0 Å². The van der Waals surface area contributed by atoms with Gasteiger partial charge in [0, 0.05) is 49.5 Å². The molecule has 5 nitrogen and oxygen atoms in total. The summed E-state index contributed by atoms with van der Waals surface area (Å²) in [7, 11) is 0. The predicted octanol–water partition coefficient (Wildman–Crippen LogP) is 4.04. The van der Waals surface area contributed by atoms with Crippen molar-refractivity contribution in [1.29, 1.82) is 5.26 Å². The Kier molecular flexibility index (Phi) is 5.50. The third-order valence-corrected chi connectivity index (χ3v) is 5.51. The number of benzene rings is 1. The van der Waals surface area contributed by atoms with Crippen molar-refractivity contribution in [3.8, 4) is 17.5 Å². The van der Waals surface area contributed by atoms with E-state index in [-0.39, 0.29) is 0 Å². The molecule has 1 aliphatic rings. The molecule has 0 radical (unpaired) electrons. The summed E-state index contributed by atoms with van der Waals surface area (Å²) < 4.78 is 2.34. The minimum atomic E-state index is 0.607. The van der Waals surface area contributed by atoms with Gasteiger partial charge in [-0.2, -0.15) is 5.26 Å². The topological polar surface area (TPSA) is 57.7 Å². The lowest BCUT2D eigenvalue weighted by Gasteiger charge is -2.33. The molecule has 1 atom stereocenters. The maximum absolute atomic E-state index is 8.96. The Morgan fingerprint density at radius 2 is 2.04 bits per heavy atom. The van der Waals surface area contributed by atoms with Crippen LogP contribution in [0, 0.1) is 24.2 Å². The molecule has 0 bridgehead atoms. The van der Waals surface area contributed by atoms with E-state index in [4.69, 9.17) is 5.26 Å². The number of pyridine rings is 1. The lowest BCUT2D eigenvalue weighted by atomic mass is 9.97. The number of piperidine rings is 1. The van der Waals surface area contributed by atoms with Gasteiger partial charge in [0.25, 0.3) is 0 Å². The molecule has 2 aromatic heterocycles. The van der Waals surface area contributed by atoms with Crippen molar-refractivity contribution in [3.05, 3.63) is 71.8 Å². The van der Waals surface area contributed by atoms with E-state index < -0.39 is 0 Å². The standard InChI is InChI=1S/C23H25N5/c1-18-13-26-23(22-5-2-10-25-14-22)28(18)17-21-4-3-11-27(16-21)15-20-8-6-19(12-24)7-9-20/h2,5-10,13-14,21H,3-4,11,15-17H2,1H3. The number of nitriles is 1. The average molecular weight is 371 g/mol. The van der Waals surface area contributed by atoms with E-state index in [2.05, 4.69) is 50.6 Å². The molecule has 5 heteroatoms. The summed E-state index contributed by atoms with van der Waals surface area (Å²) >= 11 is 0. The van der Waals surface area contributed by atoms with Gasteiger partial charge in [-0.1, -0.05) is 12.1 Å². The fraction of sp³-hybridized carbons (Fsp3) is 0.348. The van der Waals surface area contributed by atoms with E-state index in [1.54, 1.807) is 6.20 Å². The number of aromatic nitrogens is 3. The first-order valence-corrected chi connectivity index (χ1v) is 9.87. The highest BCUT2D eigenvalue weighted by Gasteiger charge is 2.22. The fourth-order valence-electron chi connectivity index (χ4n) is 4.06. The summed E-state index contributed by atoms with van der Waals surface area (Å²) in [5.74, 6) is 1.62. The van der Waals surface area contributed by atoms with Gasteiger partial charge in [-0.15, -0.1) is 0 Å². The van der Waals surface area contributed by atoms with Crippen LogP contribution in [0.2, 0.25) is 0 Å². The Balaban J connectivity index is 1.44. The molecule has 3 aromatic rings. The molecule has 1 fully saturated rings. The van der Waals surface area contributed by atoms with Crippen LogP contribution < -0.4 is 0 Å². The van der Waals surface area contributed by atoms with Crippen molar-refractivity contribution < 1.29 is 0 Å². The molecule has 0 N–H and O–H groups in total. The van der Waals surface area contributed by atoms with E-state index >= 15 is 0 Å². The predicted molar refractivity (Wildman–Crippen MR) is 109 cm³/mol. The van der Waals surface area contributed by atoms with Crippen LogP contribution in [0.5, 0.6) is 0 Å². The second-order valence-corrected chi connectivity index (χ2v) is 7.63. The van der Waals surface area contributed by atoms with Crippen LogP contribution in [0.15, 0.2) is 55.0 Å². The van der Waals surface area contributed by atoms with E-state index in [1.165, 1.54) is 24.1 Å². The molecule has 142 valence electrons. The molecule has 1 saturated heterocycles. The molecule has 1 aromatic carbocycles. The van der Waals surface area contributed by atoms with Crippen LogP contribution in [-0.2, 0) is 13.1 Å². The largest absolute Gasteiger partial charge is 0.328 e. The summed E-state index contributed by atoms with van der Waals surface area (Å²) in [6.45, 7) is 6.28. The quantitative estimate of drug-likeness (QED) is 0.679. The van der Waals surface area contributed by atoms with Gasteiger partial charge < -0.3 is 4.57 Å². The van der Waals surface area contributed by atoms with Gasteiger partial charge in [0.05, 0.1) is 11.6 Å². The molecule has 1 aliphatic heterocycles. The van der Waals surface area contributed by atoms with Gasteiger partial charge in [-0.05, 0) is 62.1 Å². The highest BCUT2D eigenvalue weighted by atomic mass is 15.1. The molecule has 0 saturated carbocycles. The number of nitrogens with zero attached hydrogens (tertiary/aromatic N) is 5. The van der Waals surface area contributed by atoms with Gasteiger partial charge >= 0.3 is 0 Å². The Hall–Kier alpha value is -2.97. The van der Waals surface area contributed by atoms with Crippen molar-refractivity contribution in [2.45, 2.75) is 32.9 Å². The van der Waals surface area contributed by atoms with Gasteiger partial charge in [-0.25, -0.2) is 4.98 Å². The zero-order chi connectivity index (χ0) is 19.3. The normalized spacial score (nSPS) is 17.4. The van der Waals surface area contributed by atoms with Crippen molar-refractivity contribution in [1.82, 2.24) is 19.4 Å². The molecule has 1 unspecified atom stereocenters. The number of likely N-dealkylation sites (tertiary alicyclic amines) is 1. The third kappa shape index (κ3) is 4.13. The zero-order valence-corrected chi connectivity index (χ0v) is 16.3. The lowest BCUT2D eigenvalue weighted by molar-refractivity contribution is 0.156. The molecule has 0 aliphatic carbocycles. The first kappa shape index (κ1) is 18.4. The fourth-order valence-corrected chi connectivity index (χ4v) is 4.06. The maximum Gasteiger partial charge on any atom is 0.141 e. The van der Waals surface area contributed by atoms with Crippen LogP contribution >= 0.6 is 0 Å². The summed E-state index contributed by atoms with van der Waals surface area (Å²) in [6.07, 6.45) is 8.10. The second kappa shape index (κ2) is 8.37. The Labute approximate surface area is 166 Å². The van der Waals surface area contributed by atoms with Gasteiger partial charge in [0.15, 0.2) is 0 Å². The highest BCUT2D eigenvalue weighted by Crippen LogP contribution is 2.25. The number of rotatable bonds is 5.